The Bertz CT molecular complexity index is 571. The molecule has 8 nitrogen and oxygen atoms in total. The summed E-state index contributed by atoms with van der Waals surface area (Å²) in [6, 6.07) is 2.05. The average Bonchev–Trinajstić information content (AvgIpc) is 3.19. The molecule has 2 fully saturated rings. The van der Waals surface area contributed by atoms with Gasteiger partial charge in [-0.2, -0.15) is 0 Å². The predicted molar refractivity (Wildman–Crippen MR) is 105 cm³/mol. The molecule has 0 saturated carbocycles. The number of rotatable bonds is 7. The molecule has 1 aromatic rings. The number of nitrogens with zero attached hydrogens (tertiary/aromatic N) is 5. The van der Waals surface area contributed by atoms with E-state index in [1.54, 1.807) is 12.4 Å². The van der Waals surface area contributed by atoms with Crippen LogP contribution in [-0.4, -0.2) is 91.4 Å². The van der Waals surface area contributed by atoms with E-state index in [-0.39, 0.29) is 18.2 Å². The molecule has 3 heterocycles. The molecule has 2 aliphatic heterocycles. The molecular formula is C19H32N6O2. The number of hydrogen-bond donors (Lipinski definition) is 1. The second kappa shape index (κ2) is 9.85. The first kappa shape index (κ1) is 19.8. The third kappa shape index (κ3) is 6.04. The highest BCUT2D eigenvalue weighted by Crippen LogP contribution is 2.17. The molecule has 1 unspecified atom stereocenters. The first-order valence-electron chi connectivity index (χ1n) is 9.95. The number of piperidine rings is 1. The number of carbonyl (C=O) groups is 1. The third-order valence-corrected chi connectivity index (χ3v) is 5.21. The largest absolute Gasteiger partial charge is 0.376 e. The van der Waals surface area contributed by atoms with Crippen molar-refractivity contribution < 1.29 is 9.53 Å². The number of aromatic nitrogens is 2. The van der Waals surface area contributed by atoms with Crippen molar-refractivity contribution in [1.29, 1.82) is 0 Å². The molecule has 27 heavy (non-hydrogen) atoms. The first-order valence-corrected chi connectivity index (χ1v) is 9.95. The van der Waals surface area contributed by atoms with E-state index in [4.69, 9.17) is 4.74 Å². The minimum Gasteiger partial charge on any atom is -0.376 e. The highest BCUT2D eigenvalue weighted by Gasteiger charge is 2.26. The van der Waals surface area contributed by atoms with Gasteiger partial charge in [0.05, 0.1) is 6.10 Å². The molecule has 8 heteroatoms. The molecule has 1 N–H and O–H groups in total. The molecule has 2 saturated heterocycles. The van der Waals surface area contributed by atoms with Crippen molar-refractivity contribution in [2.24, 2.45) is 0 Å². The van der Waals surface area contributed by atoms with Gasteiger partial charge in [-0.3, -0.25) is 0 Å². The molecule has 0 radical (unpaired) electrons. The summed E-state index contributed by atoms with van der Waals surface area (Å²) < 4.78 is 5.74. The van der Waals surface area contributed by atoms with Crippen LogP contribution in [0.1, 0.15) is 25.7 Å². The summed E-state index contributed by atoms with van der Waals surface area (Å²) in [5.74, 6) is 0.772. The monoisotopic (exact) mass is 376 g/mol. The standard InChI is InChI=1S/C19H32N6O2/c1-23(2)12-13-25(15-17-5-3-14-27-17)19(26)22-16-6-10-24(11-7-16)18-20-8-4-9-21-18/h4,8-9,16-17H,3,5-7,10-15H2,1-2H3,(H,22,26). The van der Waals surface area contributed by atoms with E-state index in [1.807, 2.05) is 25.1 Å². The van der Waals surface area contributed by atoms with E-state index in [2.05, 4.69) is 25.1 Å². The van der Waals surface area contributed by atoms with Gasteiger partial charge in [0.1, 0.15) is 0 Å². The van der Waals surface area contributed by atoms with Gasteiger partial charge in [0.2, 0.25) is 5.95 Å². The van der Waals surface area contributed by atoms with Crippen LogP contribution < -0.4 is 10.2 Å². The van der Waals surface area contributed by atoms with Gasteiger partial charge < -0.3 is 24.8 Å². The molecular weight excluding hydrogens is 344 g/mol. The number of hydrogen-bond acceptors (Lipinski definition) is 6. The summed E-state index contributed by atoms with van der Waals surface area (Å²) in [5, 5.41) is 3.23. The molecule has 0 aliphatic carbocycles. The van der Waals surface area contributed by atoms with Crippen molar-refractivity contribution in [2.75, 3.05) is 58.3 Å². The van der Waals surface area contributed by atoms with Gasteiger partial charge in [-0.1, -0.05) is 0 Å². The molecule has 0 bridgehead atoms. The lowest BCUT2D eigenvalue weighted by atomic mass is 10.1. The smallest absolute Gasteiger partial charge is 0.317 e. The van der Waals surface area contributed by atoms with Crippen LogP contribution in [0.25, 0.3) is 0 Å². The van der Waals surface area contributed by atoms with Crippen LogP contribution in [0.3, 0.4) is 0 Å². The molecule has 1 aromatic heterocycles. The molecule has 2 amide bonds. The Morgan fingerprint density at radius 3 is 2.59 bits per heavy atom. The summed E-state index contributed by atoms with van der Waals surface area (Å²) in [5.41, 5.74) is 0. The van der Waals surface area contributed by atoms with Crippen LogP contribution in [0, 0.1) is 0 Å². The van der Waals surface area contributed by atoms with Crippen molar-refractivity contribution in [3.8, 4) is 0 Å². The van der Waals surface area contributed by atoms with E-state index < -0.39 is 0 Å². The van der Waals surface area contributed by atoms with Crippen molar-refractivity contribution in [2.45, 2.75) is 37.8 Å². The Morgan fingerprint density at radius 2 is 1.96 bits per heavy atom. The van der Waals surface area contributed by atoms with Gasteiger partial charge in [0.25, 0.3) is 0 Å². The number of anilines is 1. The highest BCUT2D eigenvalue weighted by atomic mass is 16.5. The van der Waals surface area contributed by atoms with E-state index >= 15 is 0 Å². The number of carbonyl (C=O) groups excluding carboxylic acids is 1. The summed E-state index contributed by atoms with van der Waals surface area (Å²) >= 11 is 0. The number of likely N-dealkylation sites (N-methyl/N-ethyl adjacent to an activating group) is 1. The van der Waals surface area contributed by atoms with Crippen molar-refractivity contribution in [3.05, 3.63) is 18.5 Å². The second-order valence-corrected chi connectivity index (χ2v) is 7.64. The minimum absolute atomic E-state index is 0.0294. The number of nitrogens with one attached hydrogen (secondary N) is 1. The summed E-state index contributed by atoms with van der Waals surface area (Å²) in [7, 11) is 4.06. The summed E-state index contributed by atoms with van der Waals surface area (Å²) in [6.45, 7) is 4.78. The quantitative estimate of drug-likeness (QED) is 0.771. The normalized spacial score (nSPS) is 20.9. The average molecular weight is 377 g/mol. The van der Waals surface area contributed by atoms with Crippen molar-refractivity contribution in [3.63, 3.8) is 0 Å². The van der Waals surface area contributed by atoms with Crippen molar-refractivity contribution in [1.82, 2.24) is 25.1 Å². The Kier molecular flexibility index (Phi) is 7.23. The molecule has 150 valence electrons. The number of urea groups is 1. The topological polar surface area (TPSA) is 73.8 Å². The fourth-order valence-electron chi connectivity index (χ4n) is 3.57. The Balaban J connectivity index is 1.49. The van der Waals surface area contributed by atoms with E-state index in [0.29, 0.717) is 6.54 Å². The van der Waals surface area contributed by atoms with Crippen LogP contribution in [0.4, 0.5) is 10.7 Å². The zero-order valence-electron chi connectivity index (χ0n) is 16.5. The van der Waals surface area contributed by atoms with E-state index in [9.17, 15) is 4.79 Å². The van der Waals surface area contributed by atoms with Gasteiger partial charge in [-0.15, -0.1) is 0 Å². The predicted octanol–water partition coefficient (Wildman–Crippen LogP) is 1.20. The van der Waals surface area contributed by atoms with E-state index in [1.165, 1.54) is 0 Å². The second-order valence-electron chi connectivity index (χ2n) is 7.64. The fraction of sp³-hybridized carbons (Fsp3) is 0.737. The van der Waals surface area contributed by atoms with Crippen LogP contribution in [0.15, 0.2) is 18.5 Å². The molecule has 2 aliphatic rings. The Labute approximate surface area is 161 Å². The maximum absolute atomic E-state index is 12.9. The fourth-order valence-corrected chi connectivity index (χ4v) is 3.57. The number of amides is 2. The van der Waals surface area contributed by atoms with Crippen molar-refractivity contribution >= 4 is 12.0 Å². The molecule has 3 rings (SSSR count). The maximum atomic E-state index is 12.9. The zero-order valence-corrected chi connectivity index (χ0v) is 16.5. The van der Waals surface area contributed by atoms with Gasteiger partial charge in [-0.05, 0) is 45.8 Å². The zero-order chi connectivity index (χ0) is 19.1. The minimum atomic E-state index is 0.0294. The Hall–Kier alpha value is -1.93. The van der Waals surface area contributed by atoms with Gasteiger partial charge in [0, 0.05) is 57.8 Å². The summed E-state index contributed by atoms with van der Waals surface area (Å²) in [6.07, 6.45) is 7.66. The summed E-state index contributed by atoms with van der Waals surface area (Å²) in [4.78, 5) is 27.7. The van der Waals surface area contributed by atoms with Gasteiger partial charge in [-0.25, -0.2) is 14.8 Å². The lowest BCUT2D eigenvalue weighted by Gasteiger charge is -2.34. The molecule has 1 atom stereocenters. The maximum Gasteiger partial charge on any atom is 0.317 e. The highest BCUT2D eigenvalue weighted by molar-refractivity contribution is 5.74. The Morgan fingerprint density at radius 1 is 1.22 bits per heavy atom. The lowest BCUT2D eigenvalue weighted by Crippen LogP contribution is -2.52. The van der Waals surface area contributed by atoms with Crippen LogP contribution in [-0.2, 0) is 4.74 Å². The molecule has 0 spiro atoms. The lowest BCUT2D eigenvalue weighted by molar-refractivity contribution is 0.0788. The van der Waals surface area contributed by atoms with Crippen LogP contribution in [0.5, 0.6) is 0 Å². The van der Waals surface area contributed by atoms with Crippen LogP contribution in [0.2, 0.25) is 0 Å². The number of ether oxygens (including phenoxy) is 1. The molecule has 0 aromatic carbocycles. The first-order chi connectivity index (χ1) is 13.1. The third-order valence-electron chi connectivity index (χ3n) is 5.21. The van der Waals surface area contributed by atoms with E-state index in [0.717, 1.165) is 64.4 Å². The SMILES string of the molecule is CN(C)CCN(CC1CCCO1)C(=O)NC1CCN(c2ncccn2)CC1. The van der Waals surface area contributed by atoms with Gasteiger partial charge in [0.15, 0.2) is 0 Å². The van der Waals surface area contributed by atoms with Crippen LogP contribution >= 0.6 is 0 Å². The van der Waals surface area contributed by atoms with Gasteiger partial charge >= 0.3 is 6.03 Å².